The Balaban J connectivity index is 1.79. The average molecular weight is 282 g/mol. The Morgan fingerprint density at radius 3 is 2.90 bits per heavy atom. The molecule has 0 N–H and O–H groups in total. The van der Waals surface area contributed by atoms with Crippen molar-refractivity contribution in [2.24, 2.45) is 0 Å². The van der Waals surface area contributed by atoms with Gasteiger partial charge in [-0.2, -0.15) is 0 Å². The Morgan fingerprint density at radius 2 is 2.10 bits per heavy atom. The molecule has 0 atom stereocenters. The first kappa shape index (κ1) is 14.0. The van der Waals surface area contributed by atoms with Gasteiger partial charge in [-0.25, -0.2) is 0 Å². The maximum absolute atomic E-state index is 5.78. The van der Waals surface area contributed by atoms with Crippen LogP contribution in [-0.2, 0) is 12.8 Å². The summed E-state index contributed by atoms with van der Waals surface area (Å²) in [4.78, 5) is 0. The van der Waals surface area contributed by atoms with Crippen molar-refractivity contribution in [2.75, 3.05) is 13.2 Å². The minimum atomic E-state index is 0.778. The fraction of sp³-hybridized carbons (Fsp3) is 0.368. The van der Waals surface area contributed by atoms with E-state index in [-0.39, 0.29) is 0 Å². The number of fused-ring (bicyclic) bond motifs is 1. The van der Waals surface area contributed by atoms with Crippen molar-refractivity contribution in [3.63, 3.8) is 0 Å². The van der Waals surface area contributed by atoms with E-state index in [0.717, 1.165) is 44.0 Å². The van der Waals surface area contributed by atoms with Crippen LogP contribution >= 0.6 is 0 Å². The quantitative estimate of drug-likeness (QED) is 0.813. The van der Waals surface area contributed by atoms with E-state index in [1.54, 1.807) is 0 Å². The number of ether oxygens (including phenoxy) is 2. The predicted molar refractivity (Wildman–Crippen MR) is 85.4 cm³/mol. The van der Waals surface area contributed by atoms with Crippen molar-refractivity contribution in [3.05, 3.63) is 58.7 Å². The van der Waals surface area contributed by atoms with Gasteiger partial charge >= 0.3 is 0 Å². The molecule has 0 bridgehead atoms. The van der Waals surface area contributed by atoms with Gasteiger partial charge in [-0.1, -0.05) is 37.3 Å². The number of hydrogen-bond donors (Lipinski definition) is 0. The number of para-hydroxylation sites is 1. The second kappa shape index (κ2) is 6.21. The molecule has 2 heteroatoms. The molecule has 2 aromatic rings. The van der Waals surface area contributed by atoms with Crippen LogP contribution in [0.1, 0.15) is 35.6 Å². The molecule has 2 nitrogen and oxygen atoms in total. The first-order valence-corrected chi connectivity index (χ1v) is 7.74. The van der Waals surface area contributed by atoms with Gasteiger partial charge in [0, 0.05) is 12.8 Å². The van der Waals surface area contributed by atoms with Gasteiger partial charge in [0.1, 0.15) is 11.5 Å². The molecular formula is C19H22O2. The van der Waals surface area contributed by atoms with Gasteiger partial charge in [-0.05, 0) is 41.7 Å². The van der Waals surface area contributed by atoms with Gasteiger partial charge in [0.15, 0.2) is 0 Å². The van der Waals surface area contributed by atoms with Crippen LogP contribution in [-0.4, -0.2) is 13.2 Å². The topological polar surface area (TPSA) is 18.5 Å². The summed E-state index contributed by atoms with van der Waals surface area (Å²) in [6.45, 7) is 5.83. The van der Waals surface area contributed by atoms with Crippen LogP contribution in [0.15, 0.2) is 36.4 Å². The molecule has 0 amide bonds. The van der Waals surface area contributed by atoms with E-state index in [9.17, 15) is 0 Å². The molecule has 21 heavy (non-hydrogen) atoms. The summed E-state index contributed by atoms with van der Waals surface area (Å²) in [6, 6.07) is 12.9. The van der Waals surface area contributed by atoms with Gasteiger partial charge in [0.2, 0.25) is 0 Å². The van der Waals surface area contributed by atoms with E-state index in [0.29, 0.717) is 0 Å². The third-order valence-electron chi connectivity index (χ3n) is 3.89. The molecule has 0 aliphatic carbocycles. The Hall–Kier alpha value is -1.96. The lowest BCUT2D eigenvalue weighted by atomic mass is 10.00. The molecule has 0 spiro atoms. The predicted octanol–water partition coefficient (Wildman–Crippen LogP) is 4.31. The second-order valence-electron chi connectivity index (χ2n) is 5.63. The molecule has 110 valence electrons. The summed E-state index contributed by atoms with van der Waals surface area (Å²) in [5.41, 5.74) is 5.13. The van der Waals surface area contributed by atoms with Gasteiger partial charge in [-0.15, -0.1) is 0 Å². The zero-order valence-corrected chi connectivity index (χ0v) is 12.8. The second-order valence-corrected chi connectivity index (χ2v) is 5.63. The van der Waals surface area contributed by atoms with E-state index in [4.69, 9.17) is 9.47 Å². The summed E-state index contributed by atoms with van der Waals surface area (Å²) in [6.07, 6.45) is 2.98. The van der Waals surface area contributed by atoms with Crippen molar-refractivity contribution in [1.29, 1.82) is 0 Å². The zero-order chi connectivity index (χ0) is 14.7. The fourth-order valence-corrected chi connectivity index (χ4v) is 2.84. The van der Waals surface area contributed by atoms with Crippen LogP contribution in [0.3, 0.4) is 0 Å². The molecule has 0 aromatic heterocycles. The Labute approximate surface area is 126 Å². The smallest absolute Gasteiger partial charge is 0.126 e. The van der Waals surface area contributed by atoms with Crippen molar-refractivity contribution >= 4 is 0 Å². The molecule has 0 saturated heterocycles. The van der Waals surface area contributed by atoms with E-state index >= 15 is 0 Å². The standard InChI is InChI=1S/C19H22O2/c1-3-10-20-18-8-7-15(12-14(18)2)13-17-6-4-5-16-9-11-21-19(16)17/h4-8,12H,3,9-11,13H2,1-2H3. The summed E-state index contributed by atoms with van der Waals surface area (Å²) >= 11 is 0. The molecule has 0 unspecified atom stereocenters. The molecule has 1 heterocycles. The molecule has 2 aromatic carbocycles. The Morgan fingerprint density at radius 1 is 1.19 bits per heavy atom. The van der Waals surface area contributed by atoms with Crippen LogP contribution < -0.4 is 9.47 Å². The molecule has 0 saturated carbocycles. The molecule has 1 aliphatic rings. The van der Waals surface area contributed by atoms with Crippen LogP contribution in [0.5, 0.6) is 11.5 Å². The first-order chi connectivity index (χ1) is 10.3. The lowest BCUT2D eigenvalue weighted by Gasteiger charge is -2.11. The summed E-state index contributed by atoms with van der Waals surface area (Å²) in [7, 11) is 0. The number of aryl methyl sites for hydroxylation is 1. The lowest BCUT2D eigenvalue weighted by Crippen LogP contribution is -1.98. The zero-order valence-electron chi connectivity index (χ0n) is 12.8. The Kier molecular flexibility index (Phi) is 4.14. The van der Waals surface area contributed by atoms with Crippen molar-refractivity contribution < 1.29 is 9.47 Å². The van der Waals surface area contributed by atoms with Crippen molar-refractivity contribution in [3.8, 4) is 11.5 Å². The molecule has 1 aliphatic heterocycles. The maximum atomic E-state index is 5.78. The van der Waals surface area contributed by atoms with Gasteiger partial charge < -0.3 is 9.47 Å². The molecule has 0 fully saturated rings. The third kappa shape index (κ3) is 3.05. The van der Waals surface area contributed by atoms with Crippen LogP contribution in [0, 0.1) is 6.92 Å². The van der Waals surface area contributed by atoms with E-state index in [1.165, 1.54) is 22.3 Å². The highest BCUT2D eigenvalue weighted by Gasteiger charge is 2.16. The summed E-state index contributed by atoms with van der Waals surface area (Å²) < 4.78 is 11.5. The SMILES string of the molecule is CCCOc1ccc(Cc2cccc3c2OCC3)cc1C. The lowest BCUT2D eigenvalue weighted by molar-refractivity contribution is 0.315. The van der Waals surface area contributed by atoms with E-state index in [1.807, 2.05) is 0 Å². The number of hydrogen-bond acceptors (Lipinski definition) is 2. The highest BCUT2D eigenvalue weighted by molar-refractivity contribution is 5.47. The van der Waals surface area contributed by atoms with E-state index in [2.05, 4.69) is 50.2 Å². The Bertz CT molecular complexity index is 631. The largest absolute Gasteiger partial charge is 0.493 e. The van der Waals surface area contributed by atoms with Crippen LogP contribution in [0.4, 0.5) is 0 Å². The fourth-order valence-electron chi connectivity index (χ4n) is 2.84. The average Bonchev–Trinajstić information content (AvgIpc) is 2.96. The first-order valence-electron chi connectivity index (χ1n) is 7.74. The van der Waals surface area contributed by atoms with Crippen LogP contribution in [0.25, 0.3) is 0 Å². The van der Waals surface area contributed by atoms with Crippen LogP contribution in [0.2, 0.25) is 0 Å². The summed E-state index contributed by atoms with van der Waals surface area (Å²) in [5.74, 6) is 2.09. The van der Waals surface area contributed by atoms with Gasteiger partial charge in [0.05, 0.1) is 13.2 Å². The van der Waals surface area contributed by atoms with E-state index < -0.39 is 0 Å². The molecular weight excluding hydrogens is 260 g/mol. The number of rotatable bonds is 5. The van der Waals surface area contributed by atoms with Gasteiger partial charge in [0.25, 0.3) is 0 Å². The highest BCUT2D eigenvalue weighted by atomic mass is 16.5. The van der Waals surface area contributed by atoms with Crippen molar-refractivity contribution in [1.82, 2.24) is 0 Å². The minimum absolute atomic E-state index is 0.778. The third-order valence-corrected chi connectivity index (χ3v) is 3.89. The molecule has 0 radical (unpaired) electrons. The number of benzene rings is 2. The molecule has 3 rings (SSSR count). The monoisotopic (exact) mass is 282 g/mol. The normalized spacial score (nSPS) is 12.9. The minimum Gasteiger partial charge on any atom is -0.493 e. The highest BCUT2D eigenvalue weighted by Crippen LogP contribution is 2.31. The maximum Gasteiger partial charge on any atom is 0.126 e. The van der Waals surface area contributed by atoms with Gasteiger partial charge in [-0.3, -0.25) is 0 Å². The van der Waals surface area contributed by atoms with Crippen molar-refractivity contribution in [2.45, 2.75) is 33.1 Å². The summed E-state index contributed by atoms with van der Waals surface area (Å²) in [5, 5.41) is 0.